The molecule has 0 spiro atoms. The average molecular weight is 553 g/mol. The molecule has 0 aliphatic rings. The van der Waals surface area contributed by atoms with Crippen LogP contribution in [0.5, 0.6) is 0 Å². The van der Waals surface area contributed by atoms with Crippen molar-refractivity contribution in [1.29, 1.82) is 0 Å². The summed E-state index contributed by atoms with van der Waals surface area (Å²) in [7, 11) is 0. The molecule has 2 nitrogen and oxygen atoms in total. The number of pyridine rings is 1. The van der Waals surface area contributed by atoms with E-state index < -0.39 is 0 Å². The maximum absolute atomic E-state index is 4.83. The number of allylic oxidation sites excluding steroid dienone is 1. The van der Waals surface area contributed by atoms with Crippen LogP contribution in [0.3, 0.4) is 0 Å². The first-order valence-electron chi connectivity index (χ1n) is 14.8. The van der Waals surface area contributed by atoms with Crippen molar-refractivity contribution in [2.24, 2.45) is 4.99 Å². The Morgan fingerprint density at radius 2 is 1.19 bits per heavy atom. The Morgan fingerprint density at radius 3 is 1.84 bits per heavy atom. The smallest absolute Gasteiger partial charge is 0.0667 e. The lowest BCUT2D eigenvalue weighted by atomic mass is 9.84. The normalized spacial score (nSPS) is 12.1. The van der Waals surface area contributed by atoms with Crippen LogP contribution in [0.4, 0.5) is 0 Å². The molecule has 7 rings (SSSR count). The quantitative estimate of drug-likeness (QED) is 0.149. The molecular formula is C41H32N2. The summed E-state index contributed by atoms with van der Waals surface area (Å²) >= 11 is 0. The highest BCUT2D eigenvalue weighted by atomic mass is 14.7. The number of aryl methyl sites for hydroxylation is 1. The van der Waals surface area contributed by atoms with Crippen LogP contribution in [-0.4, -0.2) is 11.2 Å². The minimum Gasteiger partial charge on any atom is -0.265 e. The number of fused-ring (bicyclic) bond motifs is 3. The van der Waals surface area contributed by atoms with Crippen LogP contribution in [0.15, 0.2) is 145 Å². The first kappa shape index (κ1) is 26.6. The van der Waals surface area contributed by atoms with E-state index >= 15 is 0 Å². The van der Waals surface area contributed by atoms with E-state index in [0.29, 0.717) is 0 Å². The molecule has 0 unspecified atom stereocenters. The van der Waals surface area contributed by atoms with E-state index in [2.05, 4.69) is 139 Å². The second-order valence-electron chi connectivity index (χ2n) is 10.9. The lowest BCUT2D eigenvalue weighted by Gasteiger charge is -2.19. The lowest BCUT2D eigenvalue weighted by molar-refractivity contribution is 1.21. The molecule has 6 aromatic carbocycles. The summed E-state index contributed by atoms with van der Waals surface area (Å²) in [6.07, 6.45) is 8.58. The molecule has 0 saturated heterocycles. The number of hydrogen-bond donors (Lipinski definition) is 0. The van der Waals surface area contributed by atoms with Crippen molar-refractivity contribution in [2.75, 3.05) is 0 Å². The Labute approximate surface area is 252 Å². The van der Waals surface area contributed by atoms with E-state index in [0.717, 1.165) is 17.7 Å². The van der Waals surface area contributed by atoms with E-state index in [9.17, 15) is 0 Å². The highest BCUT2D eigenvalue weighted by Crippen LogP contribution is 2.45. The van der Waals surface area contributed by atoms with Gasteiger partial charge in [-0.15, -0.1) is 0 Å². The van der Waals surface area contributed by atoms with Crippen molar-refractivity contribution >= 4 is 44.2 Å². The Hall–Kier alpha value is -5.34. The number of aliphatic imine (C=N–C) groups is 1. The minimum atomic E-state index is 0.793. The molecule has 1 heterocycles. The standard InChI is InChI=1S/C41H32N2/c1-3-43-39(23-20-29-24-26-42-27-25-29)33-16-8-15-32-31(33)14-9-17-34(32)41-37-12-6-4-10-35(37)40(30-21-18-28(2)19-22-30)36-11-5-7-13-38(36)41/h3-19,21-27H,20H2,1-2H3/b39-23-,43-3-. The topological polar surface area (TPSA) is 25.2 Å². The van der Waals surface area contributed by atoms with Gasteiger partial charge in [0, 0.05) is 24.2 Å². The van der Waals surface area contributed by atoms with Gasteiger partial charge in [0.2, 0.25) is 0 Å². The van der Waals surface area contributed by atoms with Crippen LogP contribution in [-0.2, 0) is 6.42 Å². The molecule has 1 aromatic heterocycles. The number of benzene rings is 6. The molecule has 0 saturated carbocycles. The van der Waals surface area contributed by atoms with Crippen molar-refractivity contribution < 1.29 is 0 Å². The zero-order chi connectivity index (χ0) is 29.2. The molecule has 0 bridgehead atoms. The predicted octanol–water partition coefficient (Wildman–Crippen LogP) is 10.9. The fourth-order valence-electron chi connectivity index (χ4n) is 6.31. The molecule has 0 N–H and O–H groups in total. The highest BCUT2D eigenvalue weighted by molar-refractivity contribution is 6.23. The Morgan fingerprint density at radius 1 is 0.605 bits per heavy atom. The first-order chi connectivity index (χ1) is 21.2. The molecule has 0 amide bonds. The molecule has 0 radical (unpaired) electrons. The maximum atomic E-state index is 4.83. The summed E-state index contributed by atoms with van der Waals surface area (Å²) in [5.74, 6) is 0. The average Bonchev–Trinajstić information content (AvgIpc) is 3.06. The summed E-state index contributed by atoms with van der Waals surface area (Å²) in [5.41, 5.74) is 9.62. The third kappa shape index (κ3) is 4.91. The molecule has 206 valence electrons. The van der Waals surface area contributed by atoms with E-state index in [1.54, 1.807) is 0 Å². The fourth-order valence-corrected chi connectivity index (χ4v) is 6.31. The summed E-state index contributed by atoms with van der Waals surface area (Å²) in [5, 5.41) is 7.47. The minimum absolute atomic E-state index is 0.793. The van der Waals surface area contributed by atoms with E-state index in [1.165, 1.54) is 65.7 Å². The van der Waals surface area contributed by atoms with Gasteiger partial charge in [-0.05, 0) is 92.5 Å². The molecule has 0 aliphatic carbocycles. The largest absolute Gasteiger partial charge is 0.265 e. The van der Waals surface area contributed by atoms with Crippen molar-refractivity contribution in [1.82, 2.24) is 4.98 Å². The van der Waals surface area contributed by atoms with E-state index in [-0.39, 0.29) is 0 Å². The number of aromatic nitrogens is 1. The van der Waals surface area contributed by atoms with Crippen LogP contribution >= 0.6 is 0 Å². The van der Waals surface area contributed by atoms with Gasteiger partial charge in [-0.3, -0.25) is 9.98 Å². The third-order valence-corrected chi connectivity index (χ3v) is 8.29. The zero-order valence-electron chi connectivity index (χ0n) is 24.5. The van der Waals surface area contributed by atoms with Gasteiger partial charge in [-0.25, -0.2) is 0 Å². The summed E-state index contributed by atoms with van der Waals surface area (Å²) in [6, 6.07) is 44.0. The fraction of sp³-hybridized carbons (Fsp3) is 0.0732. The van der Waals surface area contributed by atoms with Gasteiger partial charge < -0.3 is 0 Å². The number of rotatable bonds is 6. The number of nitrogens with zero attached hydrogens (tertiary/aromatic N) is 2. The van der Waals surface area contributed by atoms with Gasteiger partial charge >= 0.3 is 0 Å². The number of hydrogen-bond acceptors (Lipinski definition) is 2. The second-order valence-corrected chi connectivity index (χ2v) is 10.9. The monoisotopic (exact) mass is 552 g/mol. The molecule has 2 heteroatoms. The van der Waals surface area contributed by atoms with Gasteiger partial charge in [0.05, 0.1) is 5.70 Å². The molecule has 0 atom stereocenters. The van der Waals surface area contributed by atoms with Gasteiger partial charge in [0.15, 0.2) is 0 Å². The SMILES string of the molecule is C/C=N\C(=C/Cc1ccncc1)c1cccc2c(-c3c4ccccc4c(-c4ccc(C)cc4)c4ccccc34)cccc12. The van der Waals surface area contributed by atoms with Crippen LogP contribution in [0, 0.1) is 6.92 Å². The summed E-state index contributed by atoms with van der Waals surface area (Å²) in [6.45, 7) is 4.12. The van der Waals surface area contributed by atoms with Crippen LogP contribution in [0.1, 0.15) is 23.6 Å². The predicted molar refractivity (Wildman–Crippen MR) is 185 cm³/mol. The maximum Gasteiger partial charge on any atom is 0.0667 e. The van der Waals surface area contributed by atoms with E-state index in [1.807, 2.05) is 25.5 Å². The van der Waals surface area contributed by atoms with E-state index in [4.69, 9.17) is 4.99 Å². The van der Waals surface area contributed by atoms with Gasteiger partial charge in [-0.1, -0.05) is 121 Å². The molecule has 0 aliphatic heterocycles. The van der Waals surface area contributed by atoms with Gasteiger partial charge in [0.1, 0.15) is 0 Å². The molecule has 43 heavy (non-hydrogen) atoms. The van der Waals surface area contributed by atoms with Crippen molar-refractivity contribution in [3.63, 3.8) is 0 Å². The second kappa shape index (κ2) is 11.5. The highest BCUT2D eigenvalue weighted by Gasteiger charge is 2.18. The zero-order valence-corrected chi connectivity index (χ0v) is 24.5. The van der Waals surface area contributed by atoms with Gasteiger partial charge in [0.25, 0.3) is 0 Å². The van der Waals surface area contributed by atoms with Crippen molar-refractivity contribution in [2.45, 2.75) is 20.3 Å². The Kier molecular flexibility index (Phi) is 7.10. The van der Waals surface area contributed by atoms with Gasteiger partial charge in [-0.2, -0.15) is 0 Å². The van der Waals surface area contributed by atoms with Crippen LogP contribution in [0.25, 0.3) is 60.3 Å². The molecule has 0 fully saturated rings. The lowest BCUT2D eigenvalue weighted by Crippen LogP contribution is -1.93. The molecular weight excluding hydrogens is 520 g/mol. The van der Waals surface area contributed by atoms with Crippen LogP contribution in [0.2, 0.25) is 0 Å². The third-order valence-electron chi connectivity index (χ3n) is 8.29. The molecule has 7 aromatic rings. The van der Waals surface area contributed by atoms with Crippen LogP contribution < -0.4 is 0 Å². The Balaban J connectivity index is 1.49. The first-order valence-corrected chi connectivity index (χ1v) is 14.8. The van der Waals surface area contributed by atoms with Crippen molar-refractivity contribution in [3.8, 4) is 22.3 Å². The van der Waals surface area contributed by atoms with Crippen molar-refractivity contribution in [3.05, 3.63) is 156 Å². The summed E-state index contributed by atoms with van der Waals surface area (Å²) in [4.78, 5) is 9.00. The Bertz CT molecular complexity index is 2100. The summed E-state index contributed by atoms with van der Waals surface area (Å²) < 4.78 is 0.